The van der Waals surface area contributed by atoms with Crippen LogP contribution in [-0.4, -0.2) is 46.5 Å². The summed E-state index contributed by atoms with van der Waals surface area (Å²) in [5.41, 5.74) is 2.06. The second-order valence-corrected chi connectivity index (χ2v) is 6.27. The number of likely N-dealkylation sites (tertiary alicyclic amines) is 1. The Balaban J connectivity index is 1.60. The van der Waals surface area contributed by atoms with Crippen molar-refractivity contribution in [2.24, 2.45) is 0 Å². The van der Waals surface area contributed by atoms with Gasteiger partial charge in [0.15, 0.2) is 0 Å². The predicted octanol–water partition coefficient (Wildman–Crippen LogP) is 3.16. The molecule has 3 rings (SSSR count). The van der Waals surface area contributed by atoms with Crippen LogP contribution in [0.15, 0.2) is 42.7 Å². The summed E-state index contributed by atoms with van der Waals surface area (Å²) in [6.07, 6.45) is 0.211. The highest BCUT2D eigenvalue weighted by Gasteiger charge is 2.34. The van der Waals surface area contributed by atoms with E-state index in [2.05, 4.69) is 10.4 Å². The van der Waals surface area contributed by atoms with Crippen LogP contribution in [0.2, 0.25) is 0 Å². The number of nitrogens with one attached hydrogen (secondary N) is 1. The van der Waals surface area contributed by atoms with Crippen LogP contribution in [0.25, 0.3) is 5.69 Å². The fourth-order valence-corrected chi connectivity index (χ4v) is 3.17. The highest BCUT2D eigenvalue weighted by Crippen LogP contribution is 2.22. The molecule has 0 unspecified atom stereocenters. The van der Waals surface area contributed by atoms with Crippen molar-refractivity contribution in [3.05, 3.63) is 48.3 Å². The van der Waals surface area contributed by atoms with E-state index in [9.17, 15) is 13.2 Å². The Morgan fingerprint density at radius 1 is 1.33 bits per heavy atom. The molecule has 0 spiro atoms. The van der Waals surface area contributed by atoms with Crippen molar-refractivity contribution >= 4 is 0 Å². The van der Waals surface area contributed by atoms with Crippen LogP contribution in [0, 0.1) is 0 Å². The largest absolute Gasteiger partial charge is 0.401 e. The molecule has 1 aliphatic heterocycles. The van der Waals surface area contributed by atoms with Gasteiger partial charge < -0.3 is 5.32 Å². The first-order chi connectivity index (χ1) is 11.4. The van der Waals surface area contributed by atoms with E-state index in [4.69, 9.17) is 0 Å². The smallest absolute Gasteiger partial charge is 0.306 e. The van der Waals surface area contributed by atoms with Gasteiger partial charge in [-0.2, -0.15) is 18.3 Å². The lowest BCUT2D eigenvalue weighted by Crippen LogP contribution is -2.37. The van der Waals surface area contributed by atoms with Crippen LogP contribution in [-0.2, 0) is 0 Å². The molecule has 7 heteroatoms. The summed E-state index contributed by atoms with van der Waals surface area (Å²) in [7, 11) is 0. The van der Waals surface area contributed by atoms with Gasteiger partial charge in [-0.1, -0.05) is 12.1 Å². The molecule has 24 heavy (non-hydrogen) atoms. The molecule has 0 saturated carbocycles. The third-order valence-corrected chi connectivity index (χ3v) is 4.30. The molecule has 1 saturated heterocycles. The molecule has 2 atom stereocenters. The number of benzene rings is 1. The van der Waals surface area contributed by atoms with Crippen molar-refractivity contribution in [3.63, 3.8) is 0 Å². The molecular weight excluding hydrogens is 317 g/mol. The highest BCUT2D eigenvalue weighted by molar-refractivity contribution is 5.36. The minimum Gasteiger partial charge on any atom is -0.306 e. The maximum atomic E-state index is 12.5. The van der Waals surface area contributed by atoms with Crippen LogP contribution in [0.3, 0.4) is 0 Å². The Kier molecular flexibility index (Phi) is 4.91. The maximum Gasteiger partial charge on any atom is 0.401 e. The summed E-state index contributed by atoms with van der Waals surface area (Å²) in [5, 5.41) is 7.66. The SMILES string of the molecule is C[C@@H](N[C@H]1CCN(CC(F)(F)F)C1)c1cccc(-n2cccn2)c1. The fraction of sp³-hybridized carbons (Fsp3) is 0.471. The molecule has 0 radical (unpaired) electrons. The number of rotatable bonds is 5. The highest BCUT2D eigenvalue weighted by atomic mass is 19.4. The number of nitrogens with zero attached hydrogens (tertiary/aromatic N) is 3. The van der Waals surface area contributed by atoms with Gasteiger partial charge in [-0.05, 0) is 37.1 Å². The maximum absolute atomic E-state index is 12.5. The average Bonchev–Trinajstić information content (AvgIpc) is 3.18. The van der Waals surface area contributed by atoms with Gasteiger partial charge in [-0.15, -0.1) is 0 Å². The van der Waals surface area contributed by atoms with E-state index in [0.717, 1.165) is 17.7 Å². The van der Waals surface area contributed by atoms with Crippen LogP contribution in [0.5, 0.6) is 0 Å². The zero-order valence-corrected chi connectivity index (χ0v) is 13.5. The average molecular weight is 338 g/mol. The third-order valence-electron chi connectivity index (χ3n) is 4.30. The van der Waals surface area contributed by atoms with E-state index in [-0.39, 0.29) is 12.1 Å². The van der Waals surface area contributed by atoms with Gasteiger partial charge >= 0.3 is 6.18 Å². The molecule has 0 bridgehead atoms. The van der Waals surface area contributed by atoms with Gasteiger partial charge in [0, 0.05) is 37.6 Å². The lowest BCUT2D eigenvalue weighted by molar-refractivity contribution is -0.143. The number of hydrogen-bond acceptors (Lipinski definition) is 3. The molecule has 2 aromatic rings. The van der Waals surface area contributed by atoms with Crippen LogP contribution < -0.4 is 5.32 Å². The molecule has 1 aromatic carbocycles. The van der Waals surface area contributed by atoms with E-state index < -0.39 is 12.7 Å². The van der Waals surface area contributed by atoms with Gasteiger partial charge in [-0.3, -0.25) is 4.90 Å². The number of halogens is 3. The van der Waals surface area contributed by atoms with Crippen molar-refractivity contribution in [1.29, 1.82) is 0 Å². The lowest BCUT2D eigenvalue weighted by Gasteiger charge is -2.22. The normalized spacial score (nSPS) is 20.4. The summed E-state index contributed by atoms with van der Waals surface area (Å²) in [6.45, 7) is 2.13. The predicted molar refractivity (Wildman–Crippen MR) is 86.0 cm³/mol. The van der Waals surface area contributed by atoms with Crippen molar-refractivity contribution in [2.45, 2.75) is 31.6 Å². The first kappa shape index (κ1) is 17.0. The molecule has 1 aromatic heterocycles. The van der Waals surface area contributed by atoms with Gasteiger partial charge in [0.1, 0.15) is 0 Å². The standard InChI is InChI=1S/C17H21F3N4/c1-13(22-15-6-9-23(11-15)12-17(18,19)20)14-4-2-5-16(10-14)24-8-3-7-21-24/h2-5,7-8,10,13,15,22H,6,9,11-12H2,1H3/t13-,15+/m1/s1. The van der Waals surface area contributed by atoms with E-state index in [1.807, 2.05) is 43.5 Å². The molecule has 2 heterocycles. The zero-order chi connectivity index (χ0) is 17.2. The zero-order valence-electron chi connectivity index (χ0n) is 13.5. The Labute approximate surface area is 139 Å². The molecule has 1 fully saturated rings. The minimum absolute atomic E-state index is 0.0661. The fourth-order valence-electron chi connectivity index (χ4n) is 3.17. The second-order valence-electron chi connectivity index (χ2n) is 6.27. The van der Waals surface area contributed by atoms with Crippen LogP contribution in [0.4, 0.5) is 13.2 Å². The number of aromatic nitrogens is 2. The van der Waals surface area contributed by atoms with Crippen molar-refractivity contribution in [2.75, 3.05) is 19.6 Å². The summed E-state index contributed by atoms with van der Waals surface area (Å²) in [4.78, 5) is 1.46. The minimum atomic E-state index is -4.13. The Morgan fingerprint density at radius 3 is 2.88 bits per heavy atom. The first-order valence-electron chi connectivity index (χ1n) is 8.06. The molecule has 0 aliphatic carbocycles. The summed E-state index contributed by atoms with van der Waals surface area (Å²) in [5.74, 6) is 0. The molecule has 130 valence electrons. The molecular formula is C17H21F3N4. The van der Waals surface area contributed by atoms with Crippen molar-refractivity contribution in [3.8, 4) is 5.69 Å². The van der Waals surface area contributed by atoms with Gasteiger partial charge in [-0.25, -0.2) is 4.68 Å². The van der Waals surface area contributed by atoms with Crippen LogP contribution in [0.1, 0.15) is 24.9 Å². The van der Waals surface area contributed by atoms with Gasteiger partial charge in [0.25, 0.3) is 0 Å². The number of hydrogen-bond donors (Lipinski definition) is 1. The summed E-state index contributed by atoms with van der Waals surface area (Å²) in [6, 6.07) is 10.0. The van der Waals surface area contributed by atoms with E-state index >= 15 is 0 Å². The lowest BCUT2D eigenvalue weighted by atomic mass is 10.1. The van der Waals surface area contributed by atoms with Crippen molar-refractivity contribution in [1.82, 2.24) is 20.0 Å². The summed E-state index contributed by atoms with van der Waals surface area (Å²) >= 11 is 0. The molecule has 0 amide bonds. The number of alkyl halides is 3. The second kappa shape index (κ2) is 6.94. The Morgan fingerprint density at radius 2 is 2.17 bits per heavy atom. The van der Waals surface area contributed by atoms with E-state index in [1.54, 1.807) is 10.9 Å². The third kappa shape index (κ3) is 4.36. The first-order valence-corrected chi connectivity index (χ1v) is 8.06. The van der Waals surface area contributed by atoms with Gasteiger partial charge in [0.05, 0.1) is 12.2 Å². The topological polar surface area (TPSA) is 33.1 Å². The quantitative estimate of drug-likeness (QED) is 0.909. The van der Waals surface area contributed by atoms with E-state index in [0.29, 0.717) is 13.1 Å². The Bertz CT molecular complexity index is 654. The molecule has 4 nitrogen and oxygen atoms in total. The monoisotopic (exact) mass is 338 g/mol. The van der Waals surface area contributed by atoms with Crippen molar-refractivity contribution < 1.29 is 13.2 Å². The van der Waals surface area contributed by atoms with E-state index in [1.165, 1.54) is 4.90 Å². The molecule has 1 N–H and O–H groups in total. The summed E-state index contributed by atoms with van der Waals surface area (Å²) < 4.78 is 39.2. The van der Waals surface area contributed by atoms with Gasteiger partial charge in [0.2, 0.25) is 0 Å². The van der Waals surface area contributed by atoms with Crippen LogP contribution >= 0.6 is 0 Å². The Hall–Kier alpha value is -1.86. The molecule has 1 aliphatic rings.